The lowest BCUT2D eigenvalue weighted by atomic mass is 10.1. The van der Waals surface area contributed by atoms with E-state index in [0.29, 0.717) is 38.5 Å². The van der Waals surface area contributed by atoms with E-state index in [1.165, 1.54) is 0 Å². The van der Waals surface area contributed by atoms with E-state index in [1.807, 2.05) is 24.3 Å². The van der Waals surface area contributed by atoms with E-state index in [2.05, 4.69) is 198 Å². The van der Waals surface area contributed by atoms with Crippen LogP contribution in [0.2, 0.25) is 0 Å². The van der Waals surface area contributed by atoms with Gasteiger partial charge in [0.25, 0.3) is 0 Å². The van der Waals surface area contributed by atoms with Gasteiger partial charge in [-0.05, 0) is 167 Å². The molecule has 17 nitrogen and oxygen atoms in total. The molecule has 108 heavy (non-hydrogen) atoms. The smallest absolute Gasteiger partial charge is 0.462 e. The Kier molecular flexibility index (Phi) is 74.5. The highest BCUT2D eigenvalue weighted by molar-refractivity contribution is 7.47. The zero-order valence-electron chi connectivity index (χ0n) is 66.7. The van der Waals surface area contributed by atoms with Crippen LogP contribution in [0.25, 0.3) is 0 Å². The van der Waals surface area contributed by atoms with Crippen LogP contribution in [-0.4, -0.2) is 96.7 Å². The number of carbonyl (C=O) groups excluding carboxylic acids is 4. The Morgan fingerprint density at radius 2 is 0.463 bits per heavy atom. The Hall–Kier alpha value is -6.10. The fourth-order valence-electron chi connectivity index (χ4n) is 10.0. The first-order valence-corrected chi connectivity index (χ1v) is 43.7. The van der Waals surface area contributed by atoms with E-state index in [1.54, 1.807) is 0 Å². The lowest BCUT2D eigenvalue weighted by Gasteiger charge is -2.21. The largest absolute Gasteiger partial charge is 0.472 e. The molecule has 0 aliphatic heterocycles. The molecule has 0 heterocycles. The highest BCUT2D eigenvalue weighted by Crippen LogP contribution is 2.45. The number of hydrogen-bond acceptors (Lipinski definition) is 15. The van der Waals surface area contributed by atoms with Crippen molar-refractivity contribution in [3.63, 3.8) is 0 Å². The van der Waals surface area contributed by atoms with Crippen LogP contribution in [0, 0.1) is 0 Å². The van der Waals surface area contributed by atoms with Gasteiger partial charge >= 0.3 is 39.5 Å². The molecule has 610 valence electrons. The van der Waals surface area contributed by atoms with Crippen LogP contribution in [0.5, 0.6) is 0 Å². The summed E-state index contributed by atoms with van der Waals surface area (Å²) in [5, 5.41) is 10.7. The minimum Gasteiger partial charge on any atom is -0.462 e. The molecule has 0 fully saturated rings. The van der Waals surface area contributed by atoms with Gasteiger partial charge in [-0.2, -0.15) is 0 Å². The molecule has 0 saturated carbocycles. The Bertz CT molecular complexity index is 2810. The number of aliphatic hydroxyl groups is 1. The molecule has 3 N–H and O–H groups in total. The molecule has 0 aromatic rings. The van der Waals surface area contributed by atoms with E-state index in [-0.39, 0.29) is 25.7 Å². The zero-order valence-corrected chi connectivity index (χ0v) is 68.5. The summed E-state index contributed by atoms with van der Waals surface area (Å²) in [6.07, 6.45) is 97.0. The molecule has 0 bridgehead atoms. The molecule has 0 spiro atoms. The number of phosphoric acid groups is 2. The van der Waals surface area contributed by atoms with Crippen molar-refractivity contribution in [2.75, 3.05) is 39.6 Å². The maximum absolute atomic E-state index is 13.1. The molecular formula is C89H142O17P2. The summed E-state index contributed by atoms with van der Waals surface area (Å²) in [7, 11) is -10.0. The molecule has 0 aromatic heterocycles. The van der Waals surface area contributed by atoms with Gasteiger partial charge in [0.05, 0.1) is 26.4 Å². The van der Waals surface area contributed by atoms with Gasteiger partial charge in [-0.1, -0.05) is 286 Å². The normalized spacial score (nSPS) is 14.8. The van der Waals surface area contributed by atoms with Gasteiger partial charge in [-0.25, -0.2) is 9.13 Å². The predicted octanol–water partition coefficient (Wildman–Crippen LogP) is 24.1. The van der Waals surface area contributed by atoms with Crippen LogP contribution >= 0.6 is 15.6 Å². The number of ether oxygens (including phenoxy) is 4. The van der Waals surface area contributed by atoms with Crippen LogP contribution in [0.15, 0.2) is 194 Å². The fourth-order valence-corrected chi connectivity index (χ4v) is 11.6. The van der Waals surface area contributed by atoms with Gasteiger partial charge in [0.1, 0.15) is 19.3 Å². The second kappa shape index (κ2) is 79.0. The Labute approximate surface area is 653 Å². The van der Waals surface area contributed by atoms with Crippen molar-refractivity contribution >= 4 is 39.5 Å². The second-order valence-corrected chi connectivity index (χ2v) is 29.1. The summed E-state index contributed by atoms with van der Waals surface area (Å²) >= 11 is 0. The van der Waals surface area contributed by atoms with Crippen molar-refractivity contribution in [3.05, 3.63) is 194 Å². The molecule has 5 unspecified atom stereocenters. The molecule has 0 aliphatic carbocycles. The lowest BCUT2D eigenvalue weighted by Crippen LogP contribution is -2.30. The predicted molar refractivity (Wildman–Crippen MR) is 445 cm³/mol. The average Bonchev–Trinajstić information content (AvgIpc) is 0.880. The highest BCUT2D eigenvalue weighted by atomic mass is 31.2. The SMILES string of the molecule is CC/C=C\C/C=C\C/C=C\C/C=C\C/C=C\CCCC(=O)OCC(COP(=O)(O)OCC(O)COP(=O)(O)OCC(COC(=O)CCCCCCCCC/C=C\C/C=C\C/C=C\CC)OC(=O)CCCCCCCCC/C=C\C/C=C\C/C=C\CC)OC(=O)CCC/C=C\C/C=C\C/C=C\C/C=C\C/C=C\CC. The number of hydrogen-bond donors (Lipinski definition) is 3. The van der Waals surface area contributed by atoms with Gasteiger partial charge < -0.3 is 33.8 Å². The topological polar surface area (TPSA) is 237 Å². The first-order valence-electron chi connectivity index (χ1n) is 40.7. The third-order valence-corrected chi connectivity index (χ3v) is 17.9. The van der Waals surface area contributed by atoms with Crippen LogP contribution in [-0.2, 0) is 65.4 Å². The number of carbonyl (C=O) groups is 4. The summed E-state index contributed by atoms with van der Waals surface area (Å²) in [5.41, 5.74) is 0. The summed E-state index contributed by atoms with van der Waals surface area (Å²) in [5.74, 6) is -2.35. The van der Waals surface area contributed by atoms with Gasteiger partial charge in [-0.15, -0.1) is 0 Å². The average molecular weight is 1550 g/mol. The third kappa shape index (κ3) is 78.0. The molecule has 0 rings (SSSR count). The maximum Gasteiger partial charge on any atom is 0.472 e. The second-order valence-electron chi connectivity index (χ2n) is 26.2. The highest BCUT2D eigenvalue weighted by Gasteiger charge is 2.30. The minimum atomic E-state index is -5.02. The Morgan fingerprint density at radius 1 is 0.259 bits per heavy atom. The van der Waals surface area contributed by atoms with Crippen molar-refractivity contribution in [2.45, 2.75) is 303 Å². The molecule has 19 heteroatoms. The van der Waals surface area contributed by atoms with E-state index in [0.717, 1.165) is 193 Å². The van der Waals surface area contributed by atoms with Crippen molar-refractivity contribution in [2.24, 2.45) is 0 Å². The van der Waals surface area contributed by atoms with E-state index in [4.69, 9.17) is 37.0 Å². The van der Waals surface area contributed by atoms with E-state index < -0.39 is 97.5 Å². The van der Waals surface area contributed by atoms with Gasteiger partial charge in [0, 0.05) is 25.7 Å². The monoisotopic (exact) mass is 1540 g/mol. The van der Waals surface area contributed by atoms with Crippen molar-refractivity contribution in [3.8, 4) is 0 Å². The third-order valence-electron chi connectivity index (χ3n) is 16.0. The number of esters is 4. The molecule has 0 amide bonds. The van der Waals surface area contributed by atoms with Crippen LogP contribution < -0.4 is 0 Å². The number of rotatable bonds is 74. The number of allylic oxidation sites excluding steroid dienone is 32. The number of unbranched alkanes of at least 4 members (excludes halogenated alkanes) is 16. The van der Waals surface area contributed by atoms with Gasteiger partial charge in [0.2, 0.25) is 0 Å². The first kappa shape index (κ1) is 102. The van der Waals surface area contributed by atoms with Crippen molar-refractivity contribution in [1.82, 2.24) is 0 Å². The summed E-state index contributed by atoms with van der Waals surface area (Å²) < 4.78 is 68.6. The van der Waals surface area contributed by atoms with Crippen LogP contribution in [0.1, 0.15) is 285 Å². The van der Waals surface area contributed by atoms with Gasteiger partial charge in [0.15, 0.2) is 12.2 Å². The number of phosphoric ester groups is 2. The van der Waals surface area contributed by atoms with Crippen LogP contribution in [0.4, 0.5) is 0 Å². The minimum absolute atomic E-state index is 0.00354. The molecule has 0 saturated heterocycles. The Balaban J connectivity index is 5.51. The van der Waals surface area contributed by atoms with Gasteiger partial charge in [-0.3, -0.25) is 37.3 Å². The zero-order chi connectivity index (χ0) is 78.9. The molecule has 0 radical (unpaired) electrons. The fraction of sp³-hybridized carbons (Fsp3) is 0.596. The lowest BCUT2D eigenvalue weighted by molar-refractivity contribution is -0.161. The quantitative estimate of drug-likeness (QED) is 0.0169. The standard InChI is InChI=1S/C89H142O17P2/c1-5-9-13-17-21-25-29-33-37-41-45-49-53-57-61-65-69-73-86(91)99-79-84(105-88(93)75-71-67-63-59-55-51-47-43-39-35-31-27-23-19-15-11-7-3)81-103-107(95,96)101-77-83(90)78-102-108(97,98)104-82-85(106-89(94)76-72-68-64-60-56-52-48-44-40-36-32-28-24-20-16-12-8-4)80-100-87(92)74-70-66-62-58-54-50-46-42-38-34-30-26-22-18-14-10-6-2/h9-16,21-28,33-40,45,47,49,51,57,59,61,63,83-85,90H,5-8,17-20,29-32,41-44,46,48,50,52-56,58,60,62,64-82H2,1-4H3,(H,95,96)(H,97,98)/b13-9-,14-10-,15-11-,16-12-,25-21-,26-22-,27-23-,28-24-,37-33-,38-34-,39-35-,40-36-,49-45-,51-47-,61-57-,63-59-. The number of aliphatic hydroxyl groups excluding tert-OH is 1. The molecular weight excluding hydrogens is 1400 g/mol. The van der Waals surface area contributed by atoms with Crippen molar-refractivity contribution in [1.29, 1.82) is 0 Å². The maximum atomic E-state index is 13.1. The summed E-state index contributed by atoms with van der Waals surface area (Å²) in [4.78, 5) is 73.1. The summed E-state index contributed by atoms with van der Waals surface area (Å²) in [6, 6.07) is 0. The van der Waals surface area contributed by atoms with Crippen LogP contribution in [0.3, 0.4) is 0 Å². The molecule has 5 atom stereocenters. The first-order chi connectivity index (χ1) is 52.7. The van der Waals surface area contributed by atoms with Crippen molar-refractivity contribution < 1.29 is 80.2 Å². The van der Waals surface area contributed by atoms with E-state index >= 15 is 0 Å². The van der Waals surface area contributed by atoms with E-state index in [9.17, 15) is 43.2 Å². The summed E-state index contributed by atoms with van der Waals surface area (Å²) in [6.45, 7) is 4.26. The molecule has 0 aromatic carbocycles. The molecule has 0 aliphatic rings. The Morgan fingerprint density at radius 3 is 0.741 bits per heavy atom.